The molecule has 0 aliphatic heterocycles. The van der Waals surface area contributed by atoms with Crippen LogP contribution in [-0.2, 0) is 26.4 Å². The lowest BCUT2D eigenvalue weighted by Crippen LogP contribution is -2.10. The van der Waals surface area contributed by atoms with Crippen molar-refractivity contribution >= 4 is 11.8 Å². The first-order chi connectivity index (χ1) is 9.28. The van der Waals surface area contributed by atoms with Gasteiger partial charge in [0, 0.05) is 19.3 Å². The van der Waals surface area contributed by atoms with Gasteiger partial charge in [0.05, 0.1) is 0 Å². The minimum Gasteiger partial charge on any atom is -0.326 e. The van der Waals surface area contributed by atoms with Crippen molar-refractivity contribution < 1.29 is 0 Å². The molecule has 0 fully saturated rings. The molecule has 0 saturated carbocycles. The Balaban J connectivity index is 1.97. The second-order valence-electron chi connectivity index (χ2n) is 4.74. The summed E-state index contributed by atoms with van der Waals surface area (Å²) in [5.74, 6) is 0. The second kappa shape index (κ2) is 5.30. The summed E-state index contributed by atoms with van der Waals surface area (Å²) in [4.78, 5) is 9.03. The normalized spacial score (nSPS) is 14.4. The Kier molecular flexibility index (Phi) is 3.52. The minimum absolute atomic E-state index is 0.514. The molecule has 0 amide bonds. The van der Waals surface area contributed by atoms with E-state index in [0.717, 1.165) is 28.6 Å². The summed E-state index contributed by atoms with van der Waals surface area (Å²) in [6.07, 6.45) is 6.25. The third-order valence-electron chi connectivity index (χ3n) is 3.42. The Labute approximate surface area is 116 Å². The number of rotatable bonds is 3. The van der Waals surface area contributed by atoms with Crippen molar-refractivity contribution in [1.82, 2.24) is 19.7 Å². The van der Waals surface area contributed by atoms with Crippen LogP contribution >= 0.6 is 11.8 Å². The number of hydrogen-bond donors (Lipinski definition) is 1. The molecule has 2 aromatic heterocycles. The number of hydrogen-bond acceptors (Lipinski definition) is 5. The fraction of sp³-hybridized carbons (Fsp3) is 0.462. The van der Waals surface area contributed by atoms with Gasteiger partial charge in [0.15, 0.2) is 5.16 Å². The minimum atomic E-state index is 0.514. The molecule has 0 radical (unpaired) electrons. The van der Waals surface area contributed by atoms with Gasteiger partial charge in [0.25, 0.3) is 0 Å². The third-order valence-corrected chi connectivity index (χ3v) is 4.52. The molecular weight excluding hydrogens is 258 g/mol. The van der Waals surface area contributed by atoms with E-state index in [-0.39, 0.29) is 0 Å². The van der Waals surface area contributed by atoms with Crippen LogP contribution in [0.15, 0.2) is 22.6 Å². The zero-order valence-corrected chi connectivity index (χ0v) is 11.8. The number of nitrogens with zero attached hydrogens (tertiary/aromatic N) is 4. The molecule has 2 N–H and O–H groups in total. The number of nitrogens with two attached hydrogens (primary N) is 1. The molecule has 19 heavy (non-hydrogen) atoms. The van der Waals surface area contributed by atoms with Crippen LogP contribution in [-0.4, -0.2) is 19.7 Å². The van der Waals surface area contributed by atoms with Gasteiger partial charge in [-0.2, -0.15) is 5.10 Å². The molecule has 2 aromatic rings. The Hall–Kier alpha value is -1.40. The molecule has 1 aliphatic rings. The smallest absolute Gasteiger partial charge is 0.192 e. The van der Waals surface area contributed by atoms with Gasteiger partial charge in [-0.3, -0.25) is 0 Å². The first-order valence-corrected chi connectivity index (χ1v) is 7.33. The van der Waals surface area contributed by atoms with Crippen LogP contribution in [0.3, 0.4) is 0 Å². The van der Waals surface area contributed by atoms with Gasteiger partial charge in [0.2, 0.25) is 0 Å². The summed E-state index contributed by atoms with van der Waals surface area (Å²) in [5, 5.41) is 5.90. The van der Waals surface area contributed by atoms with E-state index in [2.05, 4.69) is 16.1 Å². The summed E-state index contributed by atoms with van der Waals surface area (Å²) in [7, 11) is 1.88. The van der Waals surface area contributed by atoms with Crippen LogP contribution in [0.5, 0.6) is 0 Å². The molecule has 0 unspecified atom stereocenters. The van der Waals surface area contributed by atoms with E-state index >= 15 is 0 Å². The Bertz CT molecular complexity index is 593. The van der Waals surface area contributed by atoms with E-state index in [1.807, 2.05) is 7.05 Å². The quantitative estimate of drug-likeness (QED) is 0.923. The van der Waals surface area contributed by atoms with Gasteiger partial charge in [0.1, 0.15) is 11.4 Å². The molecule has 0 bridgehead atoms. The van der Waals surface area contributed by atoms with E-state index in [4.69, 9.17) is 10.7 Å². The average molecular weight is 275 g/mol. The zero-order valence-electron chi connectivity index (χ0n) is 11.0. The number of aromatic nitrogens is 4. The predicted octanol–water partition coefficient (Wildman–Crippen LogP) is 1.70. The highest BCUT2D eigenvalue weighted by Gasteiger charge is 2.16. The third kappa shape index (κ3) is 2.50. The topological polar surface area (TPSA) is 69.6 Å². The van der Waals surface area contributed by atoms with Crippen LogP contribution in [0.4, 0.5) is 0 Å². The van der Waals surface area contributed by atoms with Gasteiger partial charge >= 0.3 is 0 Å². The van der Waals surface area contributed by atoms with E-state index in [9.17, 15) is 0 Å². The van der Waals surface area contributed by atoms with Crippen molar-refractivity contribution in [3.63, 3.8) is 0 Å². The highest BCUT2D eigenvalue weighted by Crippen LogP contribution is 2.30. The van der Waals surface area contributed by atoms with Gasteiger partial charge < -0.3 is 5.73 Å². The first kappa shape index (κ1) is 12.6. The summed E-state index contributed by atoms with van der Waals surface area (Å²) in [6, 6.07) is 2.22. The molecule has 0 spiro atoms. The largest absolute Gasteiger partial charge is 0.326 e. The molecule has 3 rings (SSSR count). The van der Waals surface area contributed by atoms with Crippen molar-refractivity contribution in [2.24, 2.45) is 12.8 Å². The monoisotopic (exact) mass is 275 g/mol. The van der Waals surface area contributed by atoms with Crippen LogP contribution in [0.2, 0.25) is 0 Å². The summed E-state index contributed by atoms with van der Waals surface area (Å²) in [5.41, 5.74) is 9.56. The predicted molar refractivity (Wildman–Crippen MR) is 73.9 cm³/mol. The lowest BCUT2D eigenvalue weighted by molar-refractivity contribution is 0.654. The lowest BCUT2D eigenvalue weighted by Gasteiger charge is -2.17. The maximum absolute atomic E-state index is 5.85. The maximum atomic E-state index is 5.85. The molecule has 6 heteroatoms. The first-order valence-electron chi connectivity index (χ1n) is 6.51. The summed E-state index contributed by atoms with van der Waals surface area (Å²) < 4.78 is 1.76. The molecule has 5 nitrogen and oxygen atoms in total. The van der Waals surface area contributed by atoms with Crippen molar-refractivity contribution in [3.05, 3.63) is 29.2 Å². The molecule has 2 heterocycles. The molecule has 100 valence electrons. The average Bonchev–Trinajstić information content (AvgIpc) is 2.83. The summed E-state index contributed by atoms with van der Waals surface area (Å²) >= 11 is 1.54. The van der Waals surface area contributed by atoms with Gasteiger partial charge in [-0.15, -0.1) is 0 Å². The summed E-state index contributed by atoms with van der Waals surface area (Å²) in [6.45, 7) is 0.514. The number of aryl methyl sites for hydroxylation is 3. The van der Waals surface area contributed by atoms with Gasteiger partial charge in [-0.1, -0.05) is 6.07 Å². The van der Waals surface area contributed by atoms with Crippen LogP contribution in [0.1, 0.15) is 29.7 Å². The molecular formula is C13H17N5S. The molecule has 0 saturated heterocycles. The van der Waals surface area contributed by atoms with Crippen LogP contribution in [0, 0.1) is 0 Å². The molecule has 0 atom stereocenters. The lowest BCUT2D eigenvalue weighted by atomic mass is 9.95. The van der Waals surface area contributed by atoms with Crippen LogP contribution < -0.4 is 5.73 Å². The Morgan fingerprint density at radius 1 is 1.37 bits per heavy atom. The van der Waals surface area contributed by atoms with E-state index in [1.165, 1.54) is 24.1 Å². The van der Waals surface area contributed by atoms with Crippen LogP contribution in [0.25, 0.3) is 0 Å². The highest BCUT2D eigenvalue weighted by atomic mass is 32.2. The van der Waals surface area contributed by atoms with Crippen molar-refractivity contribution in [2.75, 3.05) is 0 Å². The van der Waals surface area contributed by atoms with E-state index < -0.39 is 0 Å². The second-order valence-corrected chi connectivity index (χ2v) is 5.69. The van der Waals surface area contributed by atoms with E-state index in [1.54, 1.807) is 22.8 Å². The highest BCUT2D eigenvalue weighted by molar-refractivity contribution is 7.99. The van der Waals surface area contributed by atoms with E-state index in [0.29, 0.717) is 6.54 Å². The van der Waals surface area contributed by atoms with Gasteiger partial charge in [-0.25, -0.2) is 14.6 Å². The molecule has 1 aliphatic carbocycles. The SMILES string of the molecule is Cn1ncnc1Sc1nc2c(cc1CN)CCCC2. The standard InChI is InChI=1S/C13H17N5S/c1-18-13(15-8-16-18)19-12-10(7-14)6-9-4-2-3-5-11(9)17-12/h6,8H,2-5,7,14H2,1H3. The van der Waals surface area contributed by atoms with Crippen molar-refractivity contribution in [1.29, 1.82) is 0 Å². The zero-order chi connectivity index (χ0) is 13.2. The Morgan fingerprint density at radius 2 is 2.21 bits per heavy atom. The Morgan fingerprint density at radius 3 is 2.95 bits per heavy atom. The fourth-order valence-electron chi connectivity index (χ4n) is 2.36. The van der Waals surface area contributed by atoms with Crippen molar-refractivity contribution in [2.45, 2.75) is 42.4 Å². The maximum Gasteiger partial charge on any atom is 0.192 e. The molecule has 0 aromatic carbocycles. The van der Waals surface area contributed by atoms with Gasteiger partial charge in [-0.05, 0) is 48.6 Å². The van der Waals surface area contributed by atoms with Crippen molar-refractivity contribution in [3.8, 4) is 0 Å². The number of pyridine rings is 1. The number of fused-ring (bicyclic) bond motifs is 1. The fourth-order valence-corrected chi connectivity index (χ4v) is 3.24.